The zero-order chi connectivity index (χ0) is 17.6. The van der Waals surface area contributed by atoms with Crippen LogP contribution in [0.3, 0.4) is 0 Å². The summed E-state index contributed by atoms with van der Waals surface area (Å²) >= 11 is 2.77. The average Bonchev–Trinajstić information content (AvgIpc) is 3.17. The number of aromatic nitrogens is 4. The van der Waals surface area contributed by atoms with Gasteiger partial charge in [-0.15, -0.1) is 16.8 Å². The highest BCUT2D eigenvalue weighted by Crippen LogP contribution is 2.26. The second-order valence-electron chi connectivity index (χ2n) is 5.05. The smallest absolute Gasteiger partial charge is 0.236 e. The van der Waals surface area contributed by atoms with Crippen LogP contribution in [0, 0.1) is 0 Å². The fourth-order valence-corrected chi connectivity index (χ4v) is 3.83. The molecule has 0 aliphatic rings. The molecule has 0 radical (unpaired) electrons. The van der Waals surface area contributed by atoms with Gasteiger partial charge >= 0.3 is 0 Å². The fourth-order valence-electron chi connectivity index (χ4n) is 2.19. The molecule has 2 heterocycles. The maximum atomic E-state index is 12.2. The molecule has 0 unspecified atom stereocenters. The predicted molar refractivity (Wildman–Crippen MR) is 99.9 cm³/mol. The number of anilines is 1. The molecule has 2 aromatic heterocycles. The molecule has 1 aromatic carbocycles. The Morgan fingerprint density at radius 3 is 3.04 bits per heavy atom. The van der Waals surface area contributed by atoms with E-state index in [0.717, 1.165) is 10.2 Å². The van der Waals surface area contributed by atoms with Gasteiger partial charge in [-0.3, -0.25) is 4.79 Å². The lowest BCUT2D eigenvalue weighted by atomic mass is 10.3. The van der Waals surface area contributed by atoms with Gasteiger partial charge in [0.15, 0.2) is 16.1 Å². The lowest BCUT2D eigenvalue weighted by Gasteiger charge is -2.06. The molecule has 0 bridgehead atoms. The van der Waals surface area contributed by atoms with Gasteiger partial charge in [0.25, 0.3) is 0 Å². The number of thiazole rings is 1. The SMILES string of the molecule is C=CCn1c(COC)nnc1SCC(=O)Nc1nc2ccccc2s1. The second kappa shape index (κ2) is 8.24. The van der Waals surface area contributed by atoms with Crippen molar-refractivity contribution in [2.24, 2.45) is 0 Å². The Morgan fingerprint density at radius 2 is 2.28 bits per heavy atom. The molecule has 3 rings (SSSR count). The number of thioether (sulfide) groups is 1. The Hall–Kier alpha value is -2.23. The van der Waals surface area contributed by atoms with Crippen LogP contribution in [0.2, 0.25) is 0 Å². The number of nitrogens with one attached hydrogen (secondary N) is 1. The number of benzene rings is 1. The number of allylic oxidation sites excluding steroid dienone is 1. The van der Waals surface area contributed by atoms with E-state index in [9.17, 15) is 4.79 Å². The Morgan fingerprint density at radius 1 is 1.44 bits per heavy atom. The van der Waals surface area contributed by atoms with E-state index in [-0.39, 0.29) is 11.7 Å². The van der Waals surface area contributed by atoms with Crippen molar-refractivity contribution in [3.63, 3.8) is 0 Å². The fraction of sp³-hybridized carbons (Fsp3) is 0.250. The topological polar surface area (TPSA) is 81.9 Å². The van der Waals surface area contributed by atoms with Crippen molar-refractivity contribution in [2.45, 2.75) is 18.3 Å². The highest BCUT2D eigenvalue weighted by atomic mass is 32.2. The summed E-state index contributed by atoms with van der Waals surface area (Å²) in [6.45, 7) is 4.66. The summed E-state index contributed by atoms with van der Waals surface area (Å²) in [6, 6.07) is 7.78. The van der Waals surface area contributed by atoms with Crippen molar-refractivity contribution in [2.75, 3.05) is 18.2 Å². The van der Waals surface area contributed by atoms with Gasteiger partial charge in [0.2, 0.25) is 5.91 Å². The van der Waals surface area contributed by atoms with Crippen LogP contribution in [0.5, 0.6) is 0 Å². The molecule has 7 nitrogen and oxygen atoms in total. The van der Waals surface area contributed by atoms with Crippen molar-refractivity contribution in [1.29, 1.82) is 0 Å². The van der Waals surface area contributed by atoms with E-state index in [1.54, 1.807) is 13.2 Å². The number of fused-ring (bicyclic) bond motifs is 1. The Labute approximate surface area is 153 Å². The summed E-state index contributed by atoms with van der Waals surface area (Å²) in [7, 11) is 1.60. The first-order valence-corrected chi connectivity index (χ1v) is 9.31. The van der Waals surface area contributed by atoms with Gasteiger partial charge < -0.3 is 14.6 Å². The molecule has 130 valence electrons. The third kappa shape index (κ3) is 4.25. The molecule has 0 fully saturated rings. The maximum absolute atomic E-state index is 12.2. The summed E-state index contributed by atoms with van der Waals surface area (Å²) in [4.78, 5) is 16.6. The van der Waals surface area contributed by atoms with Crippen LogP contribution < -0.4 is 5.32 Å². The van der Waals surface area contributed by atoms with Crippen LogP contribution in [0.1, 0.15) is 5.82 Å². The minimum atomic E-state index is -0.134. The van der Waals surface area contributed by atoms with E-state index in [2.05, 4.69) is 27.1 Å². The summed E-state index contributed by atoms with van der Waals surface area (Å²) < 4.78 is 8.03. The van der Waals surface area contributed by atoms with Crippen LogP contribution in [-0.2, 0) is 22.7 Å². The standard InChI is InChI=1S/C16H17N5O2S2/c1-3-8-21-13(9-23-2)19-20-16(21)24-10-14(22)18-15-17-11-6-4-5-7-12(11)25-15/h3-7H,1,8-10H2,2H3,(H,17,18,22). The van der Waals surface area contributed by atoms with Gasteiger partial charge in [0.1, 0.15) is 6.61 Å². The van der Waals surface area contributed by atoms with E-state index in [4.69, 9.17) is 4.74 Å². The molecule has 25 heavy (non-hydrogen) atoms. The number of carbonyl (C=O) groups excluding carboxylic acids is 1. The quantitative estimate of drug-likeness (QED) is 0.481. The molecule has 0 aliphatic carbocycles. The first-order chi connectivity index (χ1) is 12.2. The van der Waals surface area contributed by atoms with Crippen LogP contribution >= 0.6 is 23.1 Å². The van der Waals surface area contributed by atoms with Gasteiger partial charge in [0, 0.05) is 13.7 Å². The number of amides is 1. The Bertz CT molecular complexity index is 857. The number of rotatable bonds is 8. The summed E-state index contributed by atoms with van der Waals surface area (Å²) in [5.74, 6) is 0.792. The first-order valence-electron chi connectivity index (χ1n) is 7.51. The number of nitrogens with zero attached hydrogens (tertiary/aromatic N) is 4. The van der Waals surface area contributed by atoms with Gasteiger partial charge in [0.05, 0.1) is 16.0 Å². The van der Waals surface area contributed by atoms with Gasteiger partial charge in [-0.1, -0.05) is 41.3 Å². The number of hydrogen-bond donors (Lipinski definition) is 1. The van der Waals surface area contributed by atoms with Crippen molar-refractivity contribution in [3.05, 3.63) is 42.7 Å². The number of ether oxygens (including phenoxy) is 1. The molecule has 1 amide bonds. The lowest BCUT2D eigenvalue weighted by Crippen LogP contribution is -2.14. The summed E-state index contributed by atoms with van der Waals surface area (Å²) in [5.41, 5.74) is 0.880. The largest absolute Gasteiger partial charge is 0.377 e. The van der Waals surface area contributed by atoms with Crippen LogP contribution in [0.15, 0.2) is 42.1 Å². The molecule has 0 saturated heterocycles. The van der Waals surface area contributed by atoms with E-state index in [1.807, 2.05) is 28.8 Å². The minimum absolute atomic E-state index is 0.134. The highest BCUT2D eigenvalue weighted by molar-refractivity contribution is 7.99. The lowest BCUT2D eigenvalue weighted by molar-refractivity contribution is -0.113. The van der Waals surface area contributed by atoms with E-state index in [0.29, 0.717) is 29.3 Å². The maximum Gasteiger partial charge on any atom is 0.236 e. The zero-order valence-corrected chi connectivity index (χ0v) is 15.3. The van der Waals surface area contributed by atoms with Crippen molar-refractivity contribution in [3.8, 4) is 0 Å². The molecule has 9 heteroatoms. The highest BCUT2D eigenvalue weighted by Gasteiger charge is 2.14. The number of carbonyl (C=O) groups is 1. The molecule has 0 aliphatic heterocycles. The van der Waals surface area contributed by atoms with Crippen molar-refractivity contribution >= 4 is 44.4 Å². The zero-order valence-electron chi connectivity index (χ0n) is 13.6. The number of para-hydroxylation sites is 1. The van der Waals surface area contributed by atoms with E-state index >= 15 is 0 Å². The molecule has 0 atom stereocenters. The molecule has 3 aromatic rings. The van der Waals surface area contributed by atoms with Gasteiger partial charge in [-0.05, 0) is 12.1 Å². The molecular formula is C16H17N5O2S2. The number of hydrogen-bond acceptors (Lipinski definition) is 7. The minimum Gasteiger partial charge on any atom is -0.377 e. The predicted octanol–water partition coefficient (Wildman–Crippen LogP) is 2.95. The first kappa shape index (κ1) is 17.6. The van der Waals surface area contributed by atoms with E-state index in [1.165, 1.54) is 23.1 Å². The number of methoxy groups -OCH3 is 1. The monoisotopic (exact) mass is 375 g/mol. The van der Waals surface area contributed by atoms with Crippen LogP contribution in [0.4, 0.5) is 5.13 Å². The molecule has 0 saturated carbocycles. The Balaban J connectivity index is 1.63. The normalized spacial score (nSPS) is 10.9. The third-order valence-corrected chi connectivity index (χ3v) is 5.17. The second-order valence-corrected chi connectivity index (χ2v) is 7.03. The van der Waals surface area contributed by atoms with Crippen LogP contribution in [-0.4, -0.2) is 38.5 Å². The summed E-state index contributed by atoms with van der Waals surface area (Å²) in [5, 5.41) is 12.3. The van der Waals surface area contributed by atoms with Gasteiger partial charge in [-0.25, -0.2) is 4.98 Å². The molecule has 1 N–H and O–H groups in total. The van der Waals surface area contributed by atoms with Gasteiger partial charge in [-0.2, -0.15) is 0 Å². The molecular weight excluding hydrogens is 358 g/mol. The molecule has 0 spiro atoms. The van der Waals surface area contributed by atoms with Crippen molar-refractivity contribution < 1.29 is 9.53 Å². The van der Waals surface area contributed by atoms with Crippen molar-refractivity contribution in [1.82, 2.24) is 19.7 Å². The Kier molecular flexibility index (Phi) is 5.79. The summed E-state index contributed by atoms with van der Waals surface area (Å²) in [6.07, 6.45) is 1.76. The van der Waals surface area contributed by atoms with Crippen LogP contribution in [0.25, 0.3) is 10.2 Å². The third-order valence-electron chi connectivity index (χ3n) is 3.25. The van der Waals surface area contributed by atoms with E-state index < -0.39 is 0 Å². The average molecular weight is 375 g/mol.